The molecule has 28 heavy (non-hydrogen) atoms. The largest absolute Gasteiger partial charge is 0.365 e. The number of ether oxygens (including phenoxy) is 1. The number of halogens is 1. The molecule has 4 heteroatoms. The Morgan fingerprint density at radius 1 is 0.821 bits per heavy atom. The number of rotatable bonds is 2. The number of morpholine rings is 1. The lowest BCUT2D eigenvalue weighted by Gasteiger charge is -2.67. The van der Waals surface area contributed by atoms with Crippen LogP contribution in [0.25, 0.3) is 0 Å². The van der Waals surface area contributed by atoms with Crippen molar-refractivity contribution in [3.05, 3.63) is 0 Å². The van der Waals surface area contributed by atoms with Crippen LogP contribution in [0.15, 0.2) is 0 Å². The molecular formula is C24H40BrNO2. The summed E-state index contributed by atoms with van der Waals surface area (Å²) in [5.41, 5.74) is -1.47. The predicted molar refractivity (Wildman–Crippen MR) is 118 cm³/mol. The zero-order chi connectivity index (χ0) is 20.9. The zero-order valence-electron chi connectivity index (χ0n) is 19.2. The molecule has 4 bridgehead atoms. The van der Waals surface area contributed by atoms with E-state index in [4.69, 9.17) is 4.74 Å². The van der Waals surface area contributed by atoms with E-state index in [0.29, 0.717) is 0 Å². The molecule has 4 saturated carbocycles. The van der Waals surface area contributed by atoms with Crippen LogP contribution in [0.3, 0.4) is 0 Å². The number of carbonyl (C=O) groups is 1. The summed E-state index contributed by atoms with van der Waals surface area (Å²) < 4.78 is 6.59. The molecule has 1 atom stereocenters. The summed E-state index contributed by atoms with van der Waals surface area (Å²) in [6.07, 6.45) is 7.92. The van der Waals surface area contributed by atoms with E-state index >= 15 is 0 Å². The molecule has 5 rings (SSSR count). The van der Waals surface area contributed by atoms with Gasteiger partial charge in [-0.2, -0.15) is 0 Å². The van der Waals surface area contributed by atoms with Crippen molar-refractivity contribution in [3.63, 3.8) is 0 Å². The van der Waals surface area contributed by atoms with Crippen molar-refractivity contribution in [3.8, 4) is 0 Å². The van der Waals surface area contributed by atoms with Crippen LogP contribution < -0.4 is 0 Å². The lowest BCUT2D eigenvalue weighted by atomic mass is 9.48. The van der Waals surface area contributed by atoms with Crippen LogP contribution in [-0.2, 0) is 9.53 Å². The molecule has 0 spiro atoms. The lowest BCUT2D eigenvalue weighted by molar-refractivity contribution is -0.285. The fourth-order valence-corrected chi connectivity index (χ4v) is 8.30. The molecule has 0 aromatic carbocycles. The summed E-state index contributed by atoms with van der Waals surface area (Å²) in [6.45, 7) is 17.3. The van der Waals surface area contributed by atoms with Gasteiger partial charge < -0.3 is 9.64 Å². The molecule has 1 unspecified atom stereocenters. The zero-order valence-corrected chi connectivity index (χ0v) is 20.8. The van der Waals surface area contributed by atoms with Gasteiger partial charge in [0.1, 0.15) is 0 Å². The number of hydrogen-bond acceptors (Lipinski definition) is 2. The SMILES string of the molecule is CC1(C)OC(C)(C)C(C)(C)N(C(=O)C(Br)C23CC4CC(CC(C4)C2)C3)C1(C)C. The van der Waals surface area contributed by atoms with Gasteiger partial charge in [-0.3, -0.25) is 4.79 Å². The van der Waals surface area contributed by atoms with Gasteiger partial charge in [0.2, 0.25) is 5.91 Å². The third-order valence-electron chi connectivity index (χ3n) is 9.64. The molecule has 3 nitrogen and oxygen atoms in total. The first-order valence-electron chi connectivity index (χ1n) is 11.3. The van der Waals surface area contributed by atoms with Crippen molar-refractivity contribution < 1.29 is 9.53 Å². The molecule has 0 N–H and O–H groups in total. The van der Waals surface area contributed by atoms with Gasteiger partial charge in [-0.15, -0.1) is 0 Å². The van der Waals surface area contributed by atoms with Crippen LogP contribution in [-0.4, -0.2) is 37.9 Å². The molecule has 4 aliphatic carbocycles. The van der Waals surface area contributed by atoms with E-state index in [1.165, 1.54) is 38.5 Å². The van der Waals surface area contributed by atoms with Gasteiger partial charge in [-0.25, -0.2) is 0 Å². The first-order valence-corrected chi connectivity index (χ1v) is 12.2. The van der Waals surface area contributed by atoms with E-state index in [1.807, 2.05) is 0 Å². The van der Waals surface area contributed by atoms with Gasteiger partial charge in [0.15, 0.2) is 0 Å². The van der Waals surface area contributed by atoms with E-state index in [0.717, 1.165) is 17.8 Å². The van der Waals surface area contributed by atoms with E-state index in [9.17, 15) is 4.79 Å². The Morgan fingerprint density at radius 3 is 1.54 bits per heavy atom. The molecule has 0 aromatic heterocycles. The van der Waals surface area contributed by atoms with E-state index < -0.39 is 22.3 Å². The van der Waals surface area contributed by atoms with E-state index in [-0.39, 0.29) is 16.1 Å². The fourth-order valence-electron chi connectivity index (χ4n) is 7.54. The molecule has 1 amide bonds. The van der Waals surface area contributed by atoms with E-state index in [2.05, 4.69) is 76.2 Å². The van der Waals surface area contributed by atoms with Gasteiger partial charge in [-0.05, 0) is 117 Å². The average Bonchev–Trinajstić information content (AvgIpc) is 2.50. The monoisotopic (exact) mass is 453 g/mol. The smallest absolute Gasteiger partial charge is 0.238 e. The Labute approximate surface area is 180 Å². The Kier molecular flexibility index (Phi) is 4.53. The summed E-state index contributed by atoms with van der Waals surface area (Å²) in [5.74, 6) is 2.81. The van der Waals surface area contributed by atoms with Crippen LogP contribution in [0, 0.1) is 23.2 Å². The second-order valence-corrected chi connectivity index (χ2v) is 13.5. The third-order valence-corrected chi connectivity index (χ3v) is 11.0. The summed E-state index contributed by atoms with van der Waals surface area (Å²) in [5, 5.41) is 0. The molecule has 160 valence electrons. The standard InChI is InChI=1S/C24H40BrNO2/c1-20(2)22(5,6)28-23(7,8)21(3,4)26(20)19(27)18(25)24-12-15-9-16(13-24)11-17(10-15)14-24/h15-18H,9-14H2,1-8H3. The highest BCUT2D eigenvalue weighted by molar-refractivity contribution is 9.10. The maximum absolute atomic E-state index is 14.2. The second-order valence-electron chi connectivity index (χ2n) is 12.6. The van der Waals surface area contributed by atoms with Crippen molar-refractivity contribution in [2.75, 3.05) is 0 Å². The predicted octanol–water partition coefficient (Wildman–Crippen LogP) is 5.94. The average molecular weight is 454 g/mol. The van der Waals surface area contributed by atoms with Crippen molar-refractivity contribution in [1.82, 2.24) is 4.90 Å². The Balaban J connectivity index is 1.71. The highest BCUT2D eigenvalue weighted by atomic mass is 79.9. The molecule has 1 saturated heterocycles. The molecule has 0 aromatic rings. The van der Waals surface area contributed by atoms with Crippen LogP contribution in [0.1, 0.15) is 93.9 Å². The number of nitrogens with zero attached hydrogens (tertiary/aromatic N) is 1. The van der Waals surface area contributed by atoms with Gasteiger partial charge >= 0.3 is 0 Å². The summed E-state index contributed by atoms with van der Waals surface area (Å²) in [7, 11) is 0. The van der Waals surface area contributed by atoms with Gasteiger partial charge in [0, 0.05) is 0 Å². The minimum Gasteiger partial charge on any atom is -0.365 e. The Morgan fingerprint density at radius 2 is 1.18 bits per heavy atom. The van der Waals surface area contributed by atoms with Crippen LogP contribution in [0.2, 0.25) is 0 Å². The number of hydrogen-bond donors (Lipinski definition) is 0. The topological polar surface area (TPSA) is 29.5 Å². The third kappa shape index (κ3) is 2.72. The molecule has 1 aliphatic heterocycles. The molecule has 0 radical (unpaired) electrons. The van der Waals surface area contributed by atoms with Gasteiger partial charge in [0.25, 0.3) is 0 Å². The number of alkyl halides is 1. The van der Waals surface area contributed by atoms with Crippen molar-refractivity contribution in [2.24, 2.45) is 23.2 Å². The Hall–Kier alpha value is -0.0900. The fraction of sp³-hybridized carbons (Fsp3) is 0.958. The number of amides is 1. The maximum atomic E-state index is 14.2. The van der Waals surface area contributed by atoms with E-state index in [1.54, 1.807) is 0 Å². The van der Waals surface area contributed by atoms with Crippen molar-refractivity contribution in [2.45, 2.75) is 121 Å². The Bertz CT molecular complexity index is 617. The maximum Gasteiger partial charge on any atom is 0.238 e. The first-order chi connectivity index (χ1) is 12.6. The minimum absolute atomic E-state index is 0.0864. The van der Waals surface area contributed by atoms with Crippen molar-refractivity contribution in [1.29, 1.82) is 0 Å². The normalized spacial score (nSPS) is 43.0. The summed E-state index contributed by atoms with van der Waals surface area (Å²) in [6, 6.07) is 0. The highest BCUT2D eigenvalue weighted by Gasteiger charge is 2.64. The minimum atomic E-state index is -0.421. The molecule has 5 aliphatic rings. The van der Waals surface area contributed by atoms with Gasteiger partial charge in [0.05, 0.1) is 27.1 Å². The van der Waals surface area contributed by atoms with Crippen LogP contribution in [0.4, 0.5) is 0 Å². The summed E-state index contributed by atoms with van der Waals surface area (Å²) in [4.78, 5) is 16.4. The first kappa shape index (κ1) is 21.2. The highest BCUT2D eigenvalue weighted by Crippen LogP contribution is 2.63. The summed E-state index contributed by atoms with van der Waals surface area (Å²) >= 11 is 4.01. The van der Waals surface area contributed by atoms with Crippen LogP contribution in [0.5, 0.6) is 0 Å². The molecule has 1 heterocycles. The quantitative estimate of drug-likeness (QED) is 0.484. The molecule has 5 fully saturated rings. The second kappa shape index (κ2) is 5.99. The lowest BCUT2D eigenvalue weighted by Crippen LogP contribution is -2.79. The molecular weight excluding hydrogens is 414 g/mol. The number of carbonyl (C=O) groups excluding carboxylic acids is 1. The van der Waals surface area contributed by atoms with Crippen molar-refractivity contribution >= 4 is 21.8 Å². The van der Waals surface area contributed by atoms with Crippen LogP contribution >= 0.6 is 15.9 Å². The van der Waals surface area contributed by atoms with Gasteiger partial charge in [-0.1, -0.05) is 15.9 Å².